The van der Waals surface area contributed by atoms with E-state index < -0.39 is 97.5 Å². The number of unbranched alkanes of at least 4 members (excludes halogenated alkanes) is 33. The van der Waals surface area contributed by atoms with E-state index in [1.165, 1.54) is 154 Å². The highest BCUT2D eigenvalue weighted by molar-refractivity contribution is 7.47. The molecule has 0 aliphatic heterocycles. The fraction of sp³-hybridized carbons (Fsp3) is 0.945. The molecule has 17 nitrogen and oxygen atoms in total. The Morgan fingerprint density at radius 2 is 0.522 bits per heavy atom. The first-order valence-electron chi connectivity index (χ1n) is 37.8. The highest BCUT2D eigenvalue weighted by Crippen LogP contribution is 2.45. The Labute approximate surface area is 562 Å². The minimum atomic E-state index is -4.95. The van der Waals surface area contributed by atoms with Crippen molar-refractivity contribution in [3.05, 3.63) is 0 Å². The molecule has 0 aliphatic carbocycles. The summed E-state index contributed by atoms with van der Waals surface area (Å²) in [5.74, 6) is 0.895. The summed E-state index contributed by atoms with van der Waals surface area (Å²) in [6.45, 7) is 14.1. The molecule has 3 N–H and O–H groups in total. The molecule has 6 unspecified atom stereocenters. The summed E-state index contributed by atoms with van der Waals surface area (Å²) in [6, 6.07) is 0. The molecular weight excluding hydrogens is 1210 g/mol. The molecule has 0 radical (unpaired) electrons. The van der Waals surface area contributed by atoms with Gasteiger partial charge in [0, 0.05) is 25.7 Å². The summed E-state index contributed by atoms with van der Waals surface area (Å²) in [5, 5.41) is 10.6. The molecule has 0 aromatic rings. The SMILES string of the molecule is CCC(C)CCCCCCCCCCCCCCCCCCCCC(=O)O[C@H](COC(=O)CCCCCCCCC(C)CC)COP(=O)(O)OCC(O)COP(=O)(O)OC[C@@H](COC(=O)CCCCCCCCCC(C)C)OC(=O)CCCCCCCCC(C)CC. The molecule has 92 heavy (non-hydrogen) atoms. The Hall–Kier alpha value is -1.94. The number of carbonyl (C=O) groups is 4. The minimum absolute atomic E-state index is 0.102. The van der Waals surface area contributed by atoms with Crippen molar-refractivity contribution < 1.29 is 80.2 Å². The fourth-order valence-electron chi connectivity index (χ4n) is 10.9. The van der Waals surface area contributed by atoms with Gasteiger partial charge < -0.3 is 33.8 Å². The van der Waals surface area contributed by atoms with Crippen LogP contribution in [0.2, 0.25) is 0 Å². The second-order valence-corrected chi connectivity index (χ2v) is 30.4. The number of carbonyl (C=O) groups excluding carboxylic acids is 4. The van der Waals surface area contributed by atoms with Gasteiger partial charge in [0.25, 0.3) is 0 Å². The molecule has 8 atom stereocenters. The van der Waals surface area contributed by atoms with Gasteiger partial charge in [0.15, 0.2) is 12.2 Å². The lowest BCUT2D eigenvalue weighted by atomic mass is 9.99. The van der Waals surface area contributed by atoms with Crippen molar-refractivity contribution in [3.8, 4) is 0 Å². The van der Waals surface area contributed by atoms with E-state index in [1.54, 1.807) is 0 Å². The average molecular weight is 1350 g/mol. The second-order valence-electron chi connectivity index (χ2n) is 27.5. The first-order chi connectivity index (χ1) is 44.2. The first-order valence-corrected chi connectivity index (χ1v) is 40.8. The van der Waals surface area contributed by atoms with Gasteiger partial charge in [-0.15, -0.1) is 0 Å². The molecule has 546 valence electrons. The number of rotatable bonds is 70. The van der Waals surface area contributed by atoms with Crippen molar-refractivity contribution in [3.63, 3.8) is 0 Å². The van der Waals surface area contributed by atoms with Crippen molar-refractivity contribution in [2.75, 3.05) is 39.6 Å². The molecule has 0 amide bonds. The van der Waals surface area contributed by atoms with Crippen LogP contribution >= 0.6 is 15.6 Å². The molecule has 0 aliphatic rings. The van der Waals surface area contributed by atoms with Crippen molar-refractivity contribution in [1.29, 1.82) is 0 Å². The Balaban J connectivity index is 5.15. The van der Waals surface area contributed by atoms with Crippen LogP contribution in [-0.4, -0.2) is 96.7 Å². The molecule has 0 rings (SSSR count). The molecule has 0 saturated carbocycles. The van der Waals surface area contributed by atoms with Gasteiger partial charge in [-0.1, -0.05) is 312 Å². The Kier molecular flexibility index (Phi) is 61.3. The third-order valence-electron chi connectivity index (χ3n) is 17.9. The summed E-state index contributed by atoms with van der Waals surface area (Å²) in [7, 11) is -9.90. The maximum atomic E-state index is 13.0. The lowest BCUT2D eigenvalue weighted by Gasteiger charge is -2.21. The number of aliphatic hydroxyl groups excluding tert-OH is 1. The van der Waals surface area contributed by atoms with E-state index in [4.69, 9.17) is 37.0 Å². The van der Waals surface area contributed by atoms with Crippen LogP contribution in [0, 0.1) is 23.7 Å². The van der Waals surface area contributed by atoms with Gasteiger partial charge in [0.2, 0.25) is 0 Å². The smallest absolute Gasteiger partial charge is 0.462 e. The average Bonchev–Trinajstić information content (AvgIpc) is 1.94. The van der Waals surface area contributed by atoms with Crippen LogP contribution in [-0.2, 0) is 65.4 Å². The number of aliphatic hydroxyl groups is 1. The van der Waals surface area contributed by atoms with Crippen LogP contribution < -0.4 is 0 Å². The quantitative estimate of drug-likeness (QED) is 0.0222. The summed E-state index contributed by atoms with van der Waals surface area (Å²) in [5.41, 5.74) is 0. The van der Waals surface area contributed by atoms with Gasteiger partial charge in [0.05, 0.1) is 26.4 Å². The summed E-state index contributed by atoms with van der Waals surface area (Å²) in [4.78, 5) is 72.5. The Bertz CT molecular complexity index is 1820. The lowest BCUT2D eigenvalue weighted by molar-refractivity contribution is -0.161. The van der Waals surface area contributed by atoms with Crippen molar-refractivity contribution in [2.24, 2.45) is 23.7 Å². The molecule has 0 bridgehead atoms. The topological polar surface area (TPSA) is 237 Å². The molecule has 0 aromatic heterocycles. The minimum Gasteiger partial charge on any atom is -0.462 e. The molecule has 0 saturated heterocycles. The van der Waals surface area contributed by atoms with Crippen molar-refractivity contribution in [1.82, 2.24) is 0 Å². The maximum Gasteiger partial charge on any atom is 0.472 e. The Morgan fingerprint density at radius 1 is 0.304 bits per heavy atom. The second kappa shape index (κ2) is 62.6. The van der Waals surface area contributed by atoms with Gasteiger partial charge in [-0.25, -0.2) is 9.13 Å². The van der Waals surface area contributed by atoms with Crippen molar-refractivity contribution in [2.45, 2.75) is 382 Å². The normalized spacial score (nSPS) is 15.1. The van der Waals surface area contributed by atoms with Crippen LogP contribution in [0.15, 0.2) is 0 Å². The van der Waals surface area contributed by atoms with E-state index in [-0.39, 0.29) is 25.7 Å². The third-order valence-corrected chi connectivity index (χ3v) is 19.8. The third kappa shape index (κ3) is 62.8. The van der Waals surface area contributed by atoms with E-state index in [1.807, 2.05) is 0 Å². The summed E-state index contributed by atoms with van der Waals surface area (Å²) >= 11 is 0. The molecule has 0 spiro atoms. The highest BCUT2D eigenvalue weighted by Gasteiger charge is 2.30. The Morgan fingerprint density at radius 3 is 0.772 bits per heavy atom. The first kappa shape index (κ1) is 90.1. The molecule has 0 fully saturated rings. The molecule has 0 aromatic carbocycles. The van der Waals surface area contributed by atoms with E-state index in [2.05, 4.69) is 55.4 Å². The zero-order chi connectivity index (χ0) is 68.2. The van der Waals surface area contributed by atoms with Gasteiger partial charge in [-0.2, -0.15) is 0 Å². The number of phosphoric ester groups is 2. The number of hydrogen-bond donors (Lipinski definition) is 3. The zero-order valence-electron chi connectivity index (χ0n) is 60.2. The number of ether oxygens (including phenoxy) is 4. The largest absolute Gasteiger partial charge is 0.472 e. The van der Waals surface area contributed by atoms with Crippen LogP contribution in [0.5, 0.6) is 0 Å². The van der Waals surface area contributed by atoms with E-state index in [0.717, 1.165) is 120 Å². The van der Waals surface area contributed by atoms with Gasteiger partial charge in [0.1, 0.15) is 19.3 Å². The number of esters is 4. The van der Waals surface area contributed by atoms with Crippen LogP contribution in [0.1, 0.15) is 364 Å². The number of hydrogen-bond acceptors (Lipinski definition) is 15. The van der Waals surface area contributed by atoms with E-state index in [9.17, 15) is 43.2 Å². The van der Waals surface area contributed by atoms with Crippen LogP contribution in [0.25, 0.3) is 0 Å². The monoisotopic (exact) mass is 1350 g/mol. The number of phosphoric acid groups is 2. The van der Waals surface area contributed by atoms with Gasteiger partial charge >= 0.3 is 39.5 Å². The van der Waals surface area contributed by atoms with Gasteiger partial charge in [-0.05, 0) is 49.4 Å². The molecular formula is C73H142O17P2. The zero-order valence-corrected chi connectivity index (χ0v) is 62.0. The predicted molar refractivity (Wildman–Crippen MR) is 372 cm³/mol. The summed E-state index contributed by atoms with van der Waals surface area (Å²) in [6.07, 6.45) is 46.1. The molecule has 19 heteroatoms. The van der Waals surface area contributed by atoms with Crippen LogP contribution in [0.3, 0.4) is 0 Å². The van der Waals surface area contributed by atoms with E-state index in [0.29, 0.717) is 31.6 Å². The predicted octanol–water partition coefficient (Wildman–Crippen LogP) is 20.9. The lowest BCUT2D eigenvalue weighted by Crippen LogP contribution is -2.30. The highest BCUT2D eigenvalue weighted by atomic mass is 31.2. The van der Waals surface area contributed by atoms with Crippen molar-refractivity contribution >= 4 is 39.5 Å². The van der Waals surface area contributed by atoms with Crippen LogP contribution in [0.4, 0.5) is 0 Å². The molecule has 0 heterocycles. The summed E-state index contributed by atoms with van der Waals surface area (Å²) < 4.78 is 68.3. The fourth-order valence-corrected chi connectivity index (χ4v) is 12.5. The van der Waals surface area contributed by atoms with E-state index >= 15 is 0 Å². The standard InChI is InChI=1S/C73H142O17P2/c1-9-64(6)50-42-34-26-22-20-18-16-14-12-13-15-17-19-21-23-27-39-47-55-72(77)89-68(60-84-71(76)54-46-38-31-29-35-43-51-65(7)10-2)61-87-91(79,80)85-57-67(74)58-86-92(81,82)88-62-69(90-73(78)56-48-40-32-30-36-44-52-66(8)11-3)59-83-70(75)53-45-37-28-24-25-33-41-49-63(4)5/h63-69,74H,9-62H2,1-8H3,(H,79,80)(H,81,82)/t64?,65?,66?,67?,68-,69-/m1/s1. The van der Waals surface area contributed by atoms with Gasteiger partial charge in [-0.3, -0.25) is 37.3 Å². The maximum absolute atomic E-state index is 13.0.